The summed E-state index contributed by atoms with van der Waals surface area (Å²) >= 11 is 0. The summed E-state index contributed by atoms with van der Waals surface area (Å²) < 4.78 is 5.53. The molecule has 112 valence electrons. The van der Waals surface area contributed by atoms with Gasteiger partial charge < -0.3 is 15.8 Å². The van der Waals surface area contributed by atoms with E-state index in [2.05, 4.69) is 5.32 Å². The molecule has 1 saturated carbocycles. The molecule has 1 rings (SSSR count). The second kappa shape index (κ2) is 9.32. The van der Waals surface area contributed by atoms with E-state index >= 15 is 0 Å². The van der Waals surface area contributed by atoms with Gasteiger partial charge in [0.1, 0.15) is 0 Å². The Morgan fingerprint density at radius 1 is 1.32 bits per heavy atom. The molecule has 0 aromatic rings. The average Bonchev–Trinajstić information content (AvgIpc) is 3.16. The molecule has 4 heteroatoms. The SMILES string of the molecule is CC(N)CCCC(C)C(=O)NCCCOCC1CC1. The summed E-state index contributed by atoms with van der Waals surface area (Å²) in [6.07, 6.45) is 6.51. The normalized spacial score (nSPS) is 18.1. The van der Waals surface area contributed by atoms with Gasteiger partial charge in [-0.05, 0) is 44.9 Å². The van der Waals surface area contributed by atoms with Crippen molar-refractivity contribution in [3.63, 3.8) is 0 Å². The lowest BCUT2D eigenvalue weighted by Gasteiger charge is -2.13. The van der Waals surface area contributed by atoms with E-state index < -0.39 is 0 Å². The molecule has 0 heterocycles. The lowest BCUT2D eigenvalue weighted by molar-refractivity contribution is -0.124. The van der Waals surface area contributed by atoms with E-state index in [0.717, 1.165) is 51.4 Å². The minimum absolute atomic E-state index is 0.0890. The third-order valence-corrected chi connectivity index (χ3v) is 3.56. The highest BCUT2D eigenvalue weighted by Gasteiger charge is 2.20. The van der Waals surface area contributed by atoms with Crippen LogP contribution in [0, 0.1) is 11.8 Å². The molecule has 0 aromatic carbocycles. The summed E-state index contributed by atoms with van der Waals surface area (Å²) in [6.45, 7) is 6.38. The zero-order valence-electron chi connectivity index (χ0n) is 12.5. The Kier molecular flexibility index (Phi) is 8.07. The number of carbonyl (C=O) groups excluding carboxylic acids is 1. The Morgan fingerprint density at radius 2 is 2.05 bits per heavy atom. The molecule has 0 radical (unpaired) electrons. The van der Waals surface area contributed by atoms with Gasteiger partial charge in [0.05, 0.1) is 0 Å². The van der Waals surface area contributed by atoms with Gasteiger partial charge in [0.15, 0.2) is 0 Å². The first kappa shape index (κ1) is 16.4. The molecule has 1 aliphatic rings. The summed E-state index contributed by atoms with van der Waals surface area (Å²) in [4.78, 5) is 11.8. The second-order valence-corrected chi connectivity index (χ2v) is 5.97. The summed E-state index contributed by atoms with van der Waals surface area (Å²) in [5.41, 5.74) is 5.69. The minimum Gasteiger partial charge on any atom is -0.381 e. The molecule has 4 nitrogen and oxygen atoms in total. The van der Waals surface area contributed by atoms with E-state index in [1.807, 2.05) is 13.8 Å². The number of amides is 1. The molecule has 3 N–H and O–H groups in total. The van der Waals surface area contributed by atoms with Crippen LogP contribution in [0.25, 0.3) is 0 Å². The molecule has 2 unspecified atom stereocenters. The van der Waals surface area contributed by atoms with E-state index in [1.54, 1.807) is 0 Å². The number of nitrogens with one attached hydrogen (secondary N) is 1. The fraction of sp³-hybridized carbons (Fsp3) is 0.933. The van der Waals surface area contributed by atoms with Crippen molar-refractivity contribution in [1.29, 1.82) is 0 Å². The van der Waals surface area contributed by atoms with E-state index in [-0.39, 0.29) is 17.9 Å². The molecule has 0 aromatic heterocycles. The van der Waals surface area contributed by atoms with Crippen molar-refractivity contribution in [2.45, 2.75) is 58.4 Å². The summed E-state index contributed by atoms with van der Waals surface area (Å²) in [6, 6.07) is 0.235. The van der Waals surface area contributed by atoms with Crippen molar-refractivity contribution in [3.05, 3.63) is 0 Å². The van der Waals surface area contributed by atoms with Gasteiger partial charge in [-0.1, -0.05) is 13.3 Å². The predicted octanol–water partition coefficient (Wildman–Crippen LogP) is 2.07. The van der Waals surface area contributed by atoms with Gasteiger partial charge in [0.25, 0.3) is 0 Å². The lowest BCUT2D eigenvalue weighted by atomic mass is 10.0. The predicted molar refractivity (Wildman–Crippen MR) is 77.8 cm³/mol. The number of ether oxygens (including phenoxy) is 1. The maximum atomic E-state index is 11.8. The number of hydrogen-bond donors (Lipinski definition) is 2. The standard InChI is InChI=1S/C15H30N2O2/c1-12(5-3-6-13(2)16)15(18)17-9-4-10-19-11-14-7-8-14/h12-14H,3-11,16H2,1-2H3,(H,17,18). The molecule has 1 amide bonds. The topological polar surface area (TPSA) is 64.4 Å². The molecule has 1 fully saturated rings. The highest BCUT2D eigenvalue weighted by molar-refractivity contribution is 5.78. The van der Waals surface area contributed by atoms with E-state index in [4.69, 9.17) is 10.5 Å². The summed E-state index contributed by atoms with van der Waals surface area (Å²) in [7, 11) is 0. The smallest absolute Gasteiger partial charge is 0.222 e. The zero-order valence-corrected chi connectivity index (χ0v) is 12.5. The summed E-state index contributed by atoms with van der Waals surface area (Å²) in [5, 5.41) is 2.97. The minimum atomic E-state index is 0.0890. The third kappa shape index (κ3) is 9.00. The largest absolute Gasteiger partial charge is 0.381 e. The highest BCUT2D eigenvalue weighted by atomic mass is 16.5. The van der Waals surface area contributed by atoms with Crippen LogP contribution in [0.5, 0.6) is 0 Å². The fourth-order valence-corrected chi connectivity index (χ4v) is 1.97. The van der Waals surface area contributed by atoms with E-state index in [0.29, 0.717) is 0 Å². The van der Waals surface area contributed by atoms with E-state index in [9.17, 15) is 4.79 Å². The van der Waals surface area contributed by atoms with Gasteiger partial charge >= 0.3 is 0 Å². The van der Waals surface area contributed by atoms with Crippen molar-refractivity contribution in [3.8, 4) is 0 Å². The number of rotatable bonds is 11. The molecule has 2 atom stereocenters. The van der Waals surface area contributed by atoms with Crippen LogP contribution in [0.4, 0.5) is 0 Å². The lowest BCUT2D eigenvalue weighted by Crippen LogP contribution is -2.30. The number of hydrogen-bond acceptors (Lipinski definition) is 3. The van der Waals surface area contributed by atoms with Gasteiger partial charge in [-0.15, -0.1) is 0 Å². The van der Waals surface area contributed by atoms with E-state index in [1.165, 1.54) is 12.8 Å². The van der Waals surface area contributed by atoms with Gasteiger partial charge in [-0.3, -0.25) is 4.79 Å². The van der Waals surface area contributed by atoms with Crippen molar-refractivity contribution in [1.82, 2.24) is 5.32 Å². The van der Waals surface area contributed by atoms with Crippen LogP contribution in [0.15, 0.2) is 0 Å². The third-order valence-electron chi connectivity index (χ3n) is 3.56. The maximum Gasteiger partial charge on any atom is 0.222 e. The highest BCUT2D eigenvalue weighted by Crippen LogP contribution is 2.28. The Labute approximate surface area is 117 Å². The quantitative estimate of drug-likeness (QED) is 0.565. The average molecular weight is 270 g/mol. The van der Waals surface area contributed by atoms with Crippen LogP contribution in [0.2, 0.25) is 0 Å². The molecule has 0 saturated heterocycles. The molecular weight excluding hydrogens is 240 g/mol. The molecule has 0 spiro atoms. The first-order chi connectivity index (χ1) is 9.09. The number of carbonyl (C=O) groups is 1. The first-order valence-corrected chi connectivity index (χ1v) is 7.70. The van der Waals surface area contributed by atoms with Crippen LogP contribution in [-0.2, 0) is 9.53 Å². The molecule has 19 heavy (non-hydrogen) atoms. The molecular formula is C15H30N2O2. The van der Waals surface area contributed by atoms with Crippen molar-refractivity contribution >= 4 is 5.91 Å². The Balaban J connectivity index is 1.90. The first-order valence-electron chi connectivity index (χ1n) is 7.70. The fourth-order valence-electron chi connectivity index (χ4n) is 1.97. The Bertz CT molecular complexity index is 253. The monoisotopic (exact) mass is 270 g/mol. The number of nitrogens with two attached hydrogens (primary N) is 1. The van der Waals surface area contributed by atoms with Gasteiger partial charge in [-0.25, -0.2) is 0 Å². The molecule has 0 bridgehead atoms. The second-order valence-electron chi connectivity index (χ2n) is 5.97. The van der Waals surface area contributed by atoms with Gasteiger partial charge in [0.2, 0.25) is 5.91 Å². The van der Waals surface area contributed by atoms with Crippen molar-refractivity contribution in [2.24, 2.45) is 17.6 Å². The van der Waals surface area contributed by atoms with Crippen LogP contribution in [-0.4, -0.2) is 31.7 Å². The Hall–Kier alpha value is -0.610. The van der Waals surface area contributed by atoms with Crippen LogP contribution < -0.4 is 11.1 Å². The maximum absolute atomic E-state index is 11.8. The molecule has 1 aliphatic carbocycles. The van der Waals surface area contributed by atoms with Gasteiger partial charge in [-0.2, -0.15) is 0 Å². The van der Waals surface area contributed by atoms with Gasteiger partial charge in [0, 0.05) is 31.7 Å². The van der Waals surface area contributed by atoms with Crippen LogP contribution >= 0.6 is 0 Å². The van der Waals surface area contributed by atoms with Crippen LogP contribution in [0.1, 0.15) is 52.4 Å². The van der Waals surface area contributed by atoms with Crippen molar-refractivity contribution < 1.29 is 9.53 Å². The van der Waals surface area contributed by atoms with Crippen molar-refractivity contribution in [2.75, 3.05) is 19.8 Å². The summed E-state index contributed by atoms with van der Waals surface area (Å²) in [5.74, 6) is 1.07. The zero-order chi connectivity index (χ0) is 14.1. The molecule has 0 aliphatic heterocycles. The van der Waals surface area contributed by atoms with Crippen LogP contribution in [0.3, 0.4) is 0 Å². The Morgan fingerprint density at radius 3 is 2.68 bits per heavy atom.